The summed E-state index contributed by atoms with van der Waals surface area (Å²) in [5.74, 6) is 0.768. The molecule has 0 aliphatic heterocycles. The average Bonchev–Trinajstić information content (AvgIpc) is 3.10. The van der Waals surface area contributed by atoms with E-state index >= 15 is 0 Å². The molecule has 0 aromatic heterocycles. The molecule has 21 heavy (non-hydrogen) atoms. The molecule has 2 saturated carbocycles. The van der Waals surface area contributed by atoms with Crippen LogP contribution in [0, 0.1) is 17.2 Å². The van der Waals surface area contributed by atoms with Crippen molar-refractivity contribution >= 4 is 0 Å². The van der Waals surface area contributed by atoms with Crippen molar-refractivity contribution in [1.29, 1.82) is 5.26 Å². The summed E-state index contributed by atoms with van der Waals surface area (Å²) in [4.78, 5) is 2.78. The Morgan fingerprint density at radius 3 is 2.52 bits per heavy atom. The first kappa shape index (κ1) is 16.8. The van der Waals surface area contributed by atoms with E-state index in [-0.39, 0.29) is 5.54 Å². The molecular formula is C18H33N3. The molecule has 3 nitrogen and oxygen atoms in total. The Balaban J connectivity index is 2.01. The lowest BCUT2D eigenvalue weighted by molar-refractivity contribution is 0.126. The normalized spacial score (nSPS) is 30.4. The van der Waals surface area contributed by atoms with Crippen LogP contribution < -0.4 is 5.32 Å². The molecule has 0 aromatic rings. The van der Waals surface area contributed by atoms with Gasteiger partial charge in [-0.2, -0.15) is 5.26 Å². The number of nitrogens with zero attached hydrogens (tertiary/aromatic N) is 2. The highest BCUT2D eigenvalue weighted by atomic mass is 15.2. The van der Waals surface area contributed by atoms with Crippen molar-refractivity contribution in [2.24, 2.45) is 5.92 Å². The zero-order chi connectivity index (χ0) is 15.3. The lowest BCUT2D eigenvalue weighted by Gasteiger charge is -2.36. The summed E-state index contributed by atoms with van der Waals surface area (Å²) in [6.45, 7) is 8.87. The summed E-state index contributed by atoms with van der Waals surface area (Å²) in [5, 5.41) is 13.1. The van der Waals surface area contributed by atoms with Gasteiger partial charge in [-0.05, 0) is 57.5 Å². The molecule has 2 rings (SSSR count). The van der Waals surface area contributed by atoms with E-state index in [1.807, 2.05) is 0 Å². The van der Waals surface area contributed by atoms with Crippen LogP contribution in [-0.4, -0.2) is 35.6 Å². The van der Waals surface area contributed by atoms with Gasteiger partial charge in [0.1, 0.15) is 5.54 Å². The average molecular weight is 291 g/mol. The fraction of sp³-hybridized carbons (Fsp3) is 0.944. The van der Waals surface area contributed by atoms with Gasteiger partial charge in [-0.3, -0.25) is 10.2 Å². The quantitative estimate of drug-likeness (QED) is 0.777. The van der Waals surface area contributed by atoms with Crippen molar-refractivity contribution in [2.75, 3.05) is 13.1 Å². The molecule has 0 heterocycles. The largest absolute Gasteiger partial charge is 0.300 e. The van der Waals surface area contributed by atoms with E-state index in [9.17, 15) is 5.26 Å². The topological polar surface area (TPSA) is 39.1 Å². The van der Waals surface area contributed by atoms with Crippen LogP contribution in [0.4, 0.5) is 0 Å². The zero-order valence-electron chi connectivity index (χ0n) is 14.2. The third-order valence-corrected chi connectivity index (χ3v) is 5.44. The Bertz CT molecular complexity index is 354. The van der Waals surface area contributed by atoms with Crippen molar-refractivity contribution in [3.8, 4) is 6.07 Å². The third-order valence-electron chi connectivity index (χ3n) is 5.44. The van der Waals surface area contributed by atoms with E-state index in [0.717, 1.165) is 31.3 Å². The van der Waals surface area contributed by atoms with E-state index in [0.29, 0.717) is 6.04 Å². The van der Waals surface area contributed by atoms with Gasteiger partial charge < -0.3 is 0 Å². The van der Waals surface area contributed by atoms with E-state index in [4.69, 9.17) is 0 Å². The summed E-state index contributed by atoms with van der Waals surface area (Å²) in [6.07, 6.45) is 10.0. The van der Waals surface area contributed by atoms with Crippen LogP contribution in [0.2, 0.25) is 0 Å². The zero-order valence-corrected chi connectivity index (χ0v) is 14.2. The van der Waals surface area contributed by atoms with Crippen molar-refractivity contribution in [2.45, 2.75) is 89.8 Å². The maximum absolute atomic E-state index is 9.60. The van der Waals surface area contributed by atoms with Crippen LogP contribution in [0.25, 0.3) is 0 Å². The van der Waals surface area contributed by atoms with Crippen LogP contribution in [0.3, 0.4) is 0 Å². The maximum Gasteiger partial charge on any atom is 0.108 e. The Morgan fingerprint density at radius 1 is 1.24 bits per heavy atom. The minimum Gasteiger partial charge on any atom is -0.300 e. The molecule has 2 fully saturated rings. The minimum absolute atomic E-state index is 0.256. The Morgan fingerprint density at radius 2 is 1.95 bits per heavy atom. The van der Waals surface area contributed by atoms with E-state index in [1.54, 1.807) is 0 Å². The molecule has 2 aliphatic carbocycles. The first-order valence-corrected chi connectivity index (χ1v) is 9.02. The summed E-state index contributed by atoms with van der Waals surface area (Å²) >= 11 is 0. The number of rotatable bonds is 7. The number of nitriles is 1. The molecule has 2 unspecified atom stereocenters. The summed E-state index contributed by atoms with van der Waals surface area (Å²) in [7, 11) is 0. The predicted molar refractivity (Wildman–Crippen MR) is 88.1 cm³/mol. The van der Waals surface area contributed by atoms with Gasteiger partial charge in [0.25, 0.3) is 0 Å². The molecular weight excluding hydrogens is 258 g/mol. The summed E-state index contributed by atoms with van der Waals surface area (Å²) in [6, 6.07) is 3.98. The second-order valence-electron chi connectivity index (χ2n) is 7.48. The van der Waals surface area contributed by atoms with Crippen LogP contribution >= 0.6 is 0 Å². The van der Waals surface area contributed by atoms with Crippen LogP contribution in [-0.2, 0) is 0 Å². The summed E-state index contributed by atoms with van der Waals surface area (Å²) < 4.78 is 0. The van der Waals surface area contributed by atoms with Gasteiger partial charge >= 0.3 is 0 Å². The maximum atomic E-state index is 9.60. The molecule has 0 aromatic carbocycles. The van der Waals surface area contributed by atoms with E-state index < -0.39 is 0 Å². The first-order valence-electron chi connectivity index (χ1n) is 9.02. The molecule has 2 atom stereocenters. The molecule has 0 radical (unpaired) electrons. The predicted octanol–water partition coefficient (Wildman–Crippen LogP) is 3.70. The molecule has 120 valence electrons. The fourth-order valence-corrected chi connectivity index (χ4v) is 4.25. The first-order chi connectivity index (χ1) is 10.1. The van der Waals surface area contributed by atoms with E-state index in [1.165, 1.54) is 45.1 Å². The second-order valence-corrected chi connectivity index (χ2v) is 7.48. The van der Waals surface area contributed by atoms with E-state index in [2.05, 4.69) is 37.1 Å². The van der Waals surface area contributed by atoms with Crippen molar-refractivity contribution in [1.82, 2.24) is 10.2 Å². The van der Waals surface area contributed by atoms with Gasteiger partial charge in [0.15, 0.2) is 0 Å². The lowest BCUT2D eigenvalue weighted by Crippen LogP contribution is -2.46. The highest BCUT2D eigenvalue weighted by molar-refractivity contribution is 5.13. The monoisotopic (exact) mass is 291 g/mol. The standard InChI is InChI=1S/C18H33N3/c1-4-20-18(14-19)11-9-17(13-18)21(12-10-15(2)3)16-7-5-6-8-16/h15-17,20H,4-13H2,1-3H3. The number of hydrogen-bond donors (Lipinski definition) is 1. The molecule has 0 amide bonds. The van der Waals surface area contributed by atoms with Crippen molar-refractivity contribution in [3.05, 3.63) is 0 Å². The highest BCUT2D eigenvalue weighted by Crippen LogP contribution is 2.36. The van der Waals surface area contributed by atoms with Gasteiger partial charge in [-0.25, -0.2) is 0 Å². The molecule has 0 saturated heterocycles. The number of hydrogen-bond acceptors (Lipinski definition) is 3. The van der Waals surface area contributed by atoms with Gasteiger partial charge in [0, 0.05) is 12.1 Å². The van der Waals surface area contributed by atoms with Crippen LogP contribution in [0.1, 0.15) is 72.1 Å². The van der Waals surface area contributed by atoms with Gasteiger partial charge in [-0.1, -0.05) is 33.6 Å². The molecule has 3 heteroatoms. The Labute approximate surface area is 131 Å². The summed E-state index contributed by atoms with van der Waals surface area (Å²) in [5.41, 5.74) is -0.256. The second kappa shape index (κ2) is 7.61. The van der Waals surface area contributed by atoms with Crippen molar-refractivity contribution in [3.63, 3.8) is 0 Å². The van der Waals surface area contributed by atoms with Gasteiger partial charge in [0.05, 0.1) is 6.07 Å². The number of nitrogens with one attached hydrogen (secondary N) is 1. The molecule has 1 N–H and O–H groups in total. The molecule has 0 bridgehead atoms. The molecule has 2 aliphatic rings. The Hall–Kier alpha value is -0.590. The SMILES string of the molecule is CCNC1(C#N)CCC(N(CCC(C)C)C2CCCC2)C1. The molecule has 0 spiro atoms. The lowest BCUT2D eigenvalue weighted by atomic mass is 9.98. The van der Waals surface area contributed by atoms with Gasteiger partial charge in [-0.15, -0.1) is 0 Å². The minimum atomic E-state index is -0.256. The Kier molecular flexibility index (Phi) is 6.08. The third kappa shape index (κ3) is 4.20. The fourth-order valence-electron chi connectivity index (χ4n) is 4.25. The van der Waals surface area contributed by atoms with Crippen molar-refractivity contribution < 1.29 is 0 Å². The van der Waals surface area contributed by atoms with Crippen LogP contribution in [0.15, 0.2) is 0 Å². The van der Waals surface area contributed by atoms with Gasteiger partial charge in [0.2, 0.25) is 0 Å². The highest BCUT2D eigenvalue weighted by Gasteiger charge is 2.42. The van der Waals surface area contributed by atoms with Crippen LogP contribution in [0.5, 0.6) is 0 Å². The smallest absolute Gasteiger partial charge is 0.108 e.